The molecule has 0 saturated heterocycles. The lowest BCUT2D eigenvalue weighted by Crippen LogP contribution is -2.12. The Morgan fingerprint density at radius 2 is 1.94 bits per heavy atom. The number of esters is 2. The molecule has 1 rings (SSSR count). The second-order valence-corrected chi connectivity index (χ2v) is 4.07. The predicted molar refractivity (Wildman–Crippen MR) is 61.8 cm³/mol. The quantitative estimate of drug-likeness (QED) is 0.482. The van der Waals surface area contributed by atoms with Gasteiger partial charge in [-0.1, -0.05) is 30.1 Å². The van der Waals surface area contributed by atoms with Gasteiger partial charge in [0.05, 0.1) is 15.6 Å². The molecule has 1 aromatic carbocycles. The summed E-state index contributed by atoms with van der Waals surface area (Å²) >= 11 is 11.2. The summed E-state index contributed by atoms with van der Waals surface area (Å²) in [5, 5.41) is -0.267. The lowest BCUT2D eigenvalue weighted by atomic mass is 10.2. The van der Waals surface area contributed by atoms with Crippen LogP contribution in [0.2, 0.25) is 10.0 Å². The first kappa shape index (κ1) is 13.9. The van der Waals surface area contributed by atoms with Crippen molar-refractivity contribution in [3.05, 3.63) is 33.6 Å². The van der Waals surface area contributed by atoms with Gasteiger partial charge in [-0.05, 0) is 18.6 Å². The van der Waals surface area contributed by atoms with Crippen LogP contribution in [-0.2, 0) is 9.53 Å². The normalized spacial score (nSPS) is 10.1. The maximum atomic E-state index is 13.1. The van der Waals surface area contributed by atoms with Crippen LogP contribution in [0.5, 0.6) is 0 Å². The van der Waals surface area contributed by atoms with Crippen LogP contribution in [0.1, 0.15) is 30.1 Å². The second kappa shape index (κ2) is 5.98. The Kier molecular flexibility index (Phi) is 4.90. The fraction of sp³-hybridized carbons (Fsp3) is 0.273. The minimum atomic E-state index is -0.982. The van der Waals surface area contributed by atoms with E-state index >= 15 is 0 Å². The van der Waals surface area contributed by atoms with Crippen LogP contribution >= 0.6 is 23.2 Å². The molecule has 0 saturated carbocycles. The van der Waals surface area contributed by atoms with Crippen LogP contribution in [0.3, 0.4) is 0 Å². The lowest BCUT2D eigenvalue weighted by Gasteiger charge is -2.05. The van der Waals surface area contributed by atoms with Gasteiger partial charge in [0.15, 0.2) is 0 Å². The van der Waals surface area contributed by atoms with Crippen molar-refractivity contribution in [2.24, 2.45) is 0 Å². The molecule has 0 aliphatic carbocycles. The summed E-state index contributed by atoms with van der Waals surface area (Å²) in [6.45, 7) is 1.76. The van der Waals surface area contributed by atoms with Crippen molar-refractivity contribution < 1.29 is 18.7 Å². The zero-order valence-corrected chi connectivity index (χ0v) is 10.4. The van der Waals surface area contributed by atoms with Crippen molar-refractivity contribution in [1.29, 1.82) is 0 Å². The van der Waals surface area contributed by atoms with Crippen molar-refractivity contribution in [2.75, 3.05) is 0 Å². The third-order valence-electron chi connectivity index (χ3n) is 1.89. The molecule has 92 valence electrons. The van der Waals surface area contributed by atoms with E-state index in [9.17, 15) is 14.0 Å². The van der Waals surface area contributed by atoms with Crippen LogP contribution in [-0.4, -0.2) is 11.9 Å². The van der Waals surface area contributed by atoms with E-state index in [4.69, 9.17) is 23.2 Å². The Morgan fingerprint density at radius 1 is 1.29 bits per heavy atom. The van der Waals surface area contributed by atoms with Gasteiger partial charge in [0.1, 0.15) is 5.82 Å². The molecule has 0 spiro atoms. The highest BCUT2D eigenvalue weighted by molar-refractivity contribution is 6.36. The first-order chi connectivity index (χ1) is 7.95. The maximum Gasteiger partial charge on any atom is 0.347 e. The van der Waals surface area contributed by atoms with Crippen molar-refractivity contribution in [1.82, 2.24) is 0 Å². The van der Waals surface area contributed by atoms with Gasteiger partial charge in [0, 0.05) is 6.42 Å². The Hall–Kier alpha value is -1.13. The number of hydrogen-bond acceptors (Lipinski definition) is 3. The minimum Gasteiger partial charge on any atom is -0.389 e. The molecule has 0 aliphatic rings. The fourth-order valence-corrected chi connectivity index (χ4v) is 1.55. The van der Waals surface area contributed by atoms with Gasteiger partial charge in [-0.3, -0.25) is 4.79 Å². The van der Waals surface area contributed by atoms with Crippen molar-refractivity contribution >= 4 is 35.1 Å². The van der Waals surface area contributed by atoms with Gasteiger partial charge in [-0.2, -0.15) is 0 Å². The number of benzene rings is 1. The largest absolute Gasteiger partial charge is 0.389 e. The summed E-state index contributed by atoms with van der Waals surface area (Å²) in [7, 11) is 0. The van der Waals surface area contributed by atoms with Gasteiger partial charge in [0.2, 0.25) is 0 Å². The molecule has 0 fully saturated rings. The Morgan fingerprint density at radius 3 is 2.53 bits per heavy atom. The molecule has 0 bridgehead atoms. The van der Waals surface area contributed by atoms with Crippen LogP contribution in [0.4, 0.5) is 4.39 Å². The van der Waals surface area contributed by atoms with Gasteiger partial charge in [0.25, 0.3) is 0 Å². The summed E-state index contributed by atoms with van der Waals surface area (Å²) in [5.74, 6) is -2.46. The maximum absolute atomic E-state index is 13.1. The van der Waals surface area contributed by atoms with E-state index in [1.807, 2.05) is 0 Å². The molecule has 0 heterocycles. The summed E-state index contributed by atoms with van der Waals surface area (Å²) in [4.78, 5) is 22.6. The Bertz CT molecular complexity index is 460. The Labute approximate surface area is 107 Å². The molecule has 0 atom stereocenters. The highest BCUT2D eigenvalue weighted by atomic mass is 35.5. The smallest absolute Gasteiger partial charge is 0.347 e. The first-order valence-corrected chi connectivity index (χ1v) is 5.60. The lowest BCUT2D eigenvalue weighted by molar-refractivity contribution is -0.137. The van der Waals surface area contributed by atoms with Crippen molar-refractivity contribution in [3.63, 3.8) is 0 Å². The topological polar surface area (TPSA) is 43.4 Å². The minimum absolute atomic E-state index is 0.0642. The van der Waals surface area contributed by atoms with Crippen LogP contribution < -0.4 is 0 Å². The molecule has 0 aromatic heterocycles. The molecule has 0 unspecified atom stereocenters. The average molecular weight is 279 g/mol. The summed E-state index contributed by atoms with van der Waals surface area (Å²) in [6, 6.07) is 1.92. The highest BCUT2D eigenvalue weighted by Gasteiger charge is 2.18. The van der Waals surface area contributed by atoms with E-state index < -0.39 is 17.8 Å². The van der Waals surface area contributed by atoms with E-state index in [-0.39, 0.29) is 22.0 Å². The molecule has 1 aromatic rings. The zero-order chi connectivity index (χ0) is 13.0. The number of carbonyl (C=O) groups excluding carboxylic acids is 2. The first-order valence-electron chi connectivity index (χ1n) is 4.85. The third kappa shape index (κ3) is 3.68. The van der Waals surface area contributed by atoms with Crippen molar-refractivity contribution in [2.45, 2.75) is 19.8 Å². The standard InChI is InChI=1S/C11H9Cl2FO3/c1-2-3-10(15)17-11(16)6-4-9(14)8(13)5-7(6)12/h4-5H,2-3H2,1H3. The van der Waals surface area contributed by atoms with Gasteiger partial charge < -0.3 is 4.74 Å². The highest BCUT2D eigenvalue weighted by Crippen LogP contribution is 2.24. The van der Waals surface area contributed by atoms with E-state index in [0.29, 0.717) is 6.42 Å². The fourth-order valence-electron chi connectivity index (χ4n) is 1.09. The SMILES string of the molecule is CCCC(=O)OC(=O)c1cc(F)c(Cl)cc1Cl. The van der Waals surface area contributed by atoms with Crippen LogP contribution in [0.25, 0.3) is 0 Å². The van der Waals surface area contributed by atoms with E-state index in [1.54, 1.807) is 6.92 Å². The molecular formula is C11H9Cl2FO3. The molecule has 0 N–H and O–H groups in total. The van der Waals surface area contributed by atoms with E-state index in [2.05, 4.69) is 4.74 Å². The van der Waals surface area contributed by atoms with Gasteiger partial charge in [-0.25, -0.2) is 9.18 Å². The summed E-state index contributed by atoms with van der Waals surface area (Å²) in [6.07, 6.45) is 0.661. The number of rotatable bonds is 3. The van der Waals surface area contributed by atoms with Crippen LogP contribution in [0.15, 0.2) is 12.1 Å². The van der Waals surface area contributed by atoms with E-state index in [1.165, 1.54) is 0 Å². The molecule has 0 amide bonds. The third-order valence-corrected chi connectivity index (χ3v) is 2.49. The van der Waals surface area contributed by atoms with Gasteiger partial charge >= 0.3 is 11.9 Å². The average Bonchev–Trinajstić information content (AvgIpc) is 2.23. The van der Waals surface area contributed by atoms with Crippen molar-refractivity contribution in [3.8, 4) is 0 Å². The number of halogens is 3. The van der Waals surface area contributed by atoms with Gasteiger partial charge in [-0.15, -0.1) is 0 Å². The second-order valence-electron chi connectivity index (χ2n) is 3.26. The molecule has 6 heteroatoms. The predicted octanol–water partition coefficient (Wildman–Crippen LogP) is 3.62. The zero-order valence-electron chi connectivity index (χ0n) is 8.93. The number of carbonyl (C=O) groups is 2. The monoisotopic (exact) mass is 278 g/mol. The molecule has 17 heavy (non-hydrogen) atoms. The number of hydrogen-bond donors (Lipinski definition) is 0. The molecule has 0 aliphatic heterocycles. The summed E-state index contributed by atoms with van der Waals surface area (Å²) in [5.41, 5.74) is -0.224. The summed E-state index contributed by atoms with van der Waals surface area (Å²) < 4.78 is 17.6. The Balaban J connectivity index is 2.89. The molecule has 3 nitrogen and oxygen atoms in total. The van der Waals surface area contributed by atoms with Crippen LogP contribution in [0, 0.1) is 5.82 Å². The number of ether oxygens (including phenoxy) is 1. The molecule has 0 radical (unpaired) electrons. The van der Waals surface area contributed by atoms with E-state index in [0.717, 1.165) is 12.1 Å². The molecular weight excluding hydrogens is 270 g/mol.